The number of phenols is 1. The largest absolute Gasteiger partial charge is 0.507 e. The lowest BCUT2D eigenvalue weighted by atomic mass is 10.1. The average Bonchev–Trinajstić information content (AvgIpc) is 2.34. The number of nitrogens with zero attached hydrogens (tertiary/aromatic N) is 1. The van der Waals surface area contributed by atoms with Gasteiger partial charge in [-0.3, -0.25) is 4.90 Å². The molecule has 0 aromatic heterocycles. The maximum absolute atomic E-state index is 9.85. The highest BCUT2D eigenvalue weighted by Gasteiger charge is 2.17. The first kappa shape index (κ1) is 12.2. The van der Waals surface area contributed by atoms with E-state index >= 15 is 0 Å². The van der Waals surface area contributed by atoms with Crippen LogP contribution in [0.2, 0.25) is 0 Å². The Labute approximate surface area is 101 Å². The highest BCUT2D eigenvalue weighted by atomic mass is 16.5. The van der Waals surface area contributed by atoms with Crippen LogP contribution in [-0.4, -0.2) is 41.4 Å². The fraction of sp³-hybridized carbons (Fsp3) is 0.538. The predicted molar refractivity (Wildman–Crippen MR) is 65.2 cm³/mol. The molecule has 1 aromatic carbocycles. The molecule has 0 radical (unpaired) electrons. The van der Waals surface area contributed by atoms with Gasteiger partial charge in [-0.25, -0.2) is 0 Å². The Morgan fingerprint density at radius 1 is 1.35 bits per heavy atom. The highest BCUT2D eigenvalue weighted by molar-refractivity contribution is 5.39. The van der Waals surface area contributed by atoms with Gasteiger partial charge >= 0.3 is 0 Å². The number of piperidine rings is 1. The molecular formula is C13H19NO3. The molecule has 2 N–H and O–H groups in total. The van der Waals surface area contributed by atoms with Crippen LogP contribution in [0.1, 0.15) is 18.4 Å². The molecule has 0 unspecified atom stereocenters. The molecule has 1 heterocycles. The zero-order valence-electron chi connectivity index (χ0n) is 10.1. The molecule has 0 amide bonds. The first-order valence-electron chi connectivity index (χ1n) is 5.95. The van der Waals surface area contributed by atoms with E-state index in [1.807, 2.05) is 12.1 Å². The third-order valence-electron chi connectivity index (χ3n) is 3.24. The molecule has 0 saturated carbocycles. The van der Waals surface area contributed by atoms with Gasteiger partial charge in [-0.15, -0.1) is 0 Å². The lowest BCUT2D eigenvalue weighted by molar-refractivity contribution is 0.0789. The summed E-state index contributed by atoms with van der Waals surface area (Å²) in [6.45, 7) is 2.49. The van der Waals surface area contributed by atoms with E-state index in [1.54, 1.807) is 13.2 Å². The van der Waals surface area contributed by atoms with Crippen molar-refractivity contribution in [2.24, 2.45) is 0 Å². The zero-order valence-corrected chi connectivity index (χ0v) is 10.1. The zero-order chi connectivity index (χ0) is 12.3. The normalized spacial score (nSPS) is 18.2. The van der Waals surface area contributed by atoms with E-state index in [4.69, 9.17) is 4.74 Å². The molecule has 17 heavy (non-hydrogen) atoms. The Balaban J connectivity index is 1.99. The summed E-state index contributed by atoms with van der Waals surface area (Å²) in [6, 6.07) is 5.38. The Kier molecular flexibility index (Phi) is 3.86. The van der Waals surface area contributed by atoms with Gasteiger partial charge in [0.05, 0.1) is 13.2 Å². The van der Waals surface area contributed by atoms with Crippen molar-refractivity contribution in [3.63, 3.8) is 0 Å². The van der Waals surface area contributed by atoms with Crippen LogP contribution in [0, 0.1) is 0 Å². The third-order valence-corrected chi connectivity index (χ3v) is 3.24. The van der Waals surface area contributed by atoms with Crippen molar-refractivity contribution in [2.45, 2.75) is 25.5 Å². The van der Waals surface area contributed by atoms with Gasteiger partial charge in [-0.2, -0.15) is 0 Å². The van der Waals surface area contributed by atoms with Crippen molar-refractivity contribution < 1.29 is 14.9 Å². The van der Waals surface area contributed by atoms with Gasteiger partial charge in [0.15, 0.2) is 0 Å². The number of phenolic OH excluding ortho intramolecular Hbond substituents is 1. The lowest BCUT2D eigenvalue weighted by Gasteiger charge is -2.29. The third kappa shape index (κ3) is 3.11. The number of methoxy groups -OCH3 is 1. The van der Waals surface area contributed by atoms with Crippen molar-refractivity contribution in [3.8, 4) is 11.5 Å². The summed E-state index contributed by atoms with van der Waals surface area (Å²) in [5.41, 5.74) is 0.905. The minimum Gasteiger partial charge on any atom is -0.507 e. The van der Waals surface area contributed by atoms with Crippen LogP contribution in [0.3, 0.4) is 0 Å². The molecule has 0 atom stereocenters. The number of aliphatic hydroxyl groups is 1. The quantitative estimate of drug-likeness (QED) is 0.833. The molecule has 1 aromatic rings. The lowest BCUT2D eigenvalue weighted by Crippen LogP contribution is -2.35. The monoisotopic (exact) mass is 237 g/mol. The van der Waals surface area contributed by atoms with Crippen molar-refractivity contribution >= 4 is 0 Å². The summed E-state index contributed by atoms with van der Waals surface area (Å²) in [5.74, 6) is 0.941. The van der Waals surface area contributed by atoms with E-state index in [0.29, 0.717) is 5.75 Å². The molecule has 1 aliphatic rings. The second-order valence-corrected chi connectivity index (χ2v) is 4.50. The minimum atomic E-state index is -0.157. The number of likely N-dealkylation sites (tertiary alicyclic amines) is 1. The van der Waals surface area contributed by atoms with Gasteiger partial charge in [0.1, 0.15) is 11.5 Å². The Bertz CT molecular complexity index is 373. The Morgan fingerprint density at radius 3 is 2.65 bits per heavy atom. The molecule has 1 fully saturated rings. The predicted octanol–water partition coefficient (Wildman–Crippen LogP) is 1.36. The van der Waals surface area contributed by atoms with Crippen LogP contribution in [0.15, 0.2) is 18.2 Å². The van der Waals surface area contributed by atoms with E-state index in [9.17, 15) is 10.2 Å². The summed E-state index contributed by atoms with van der Waals surface area (Å²) < 4.78 is 5.05. The van der Waals surface area contributed by atoms with Crippen molar-refractivity contribution in [1.29, 1.82) is 0 Å². The summed E-state index contributed by atoms with van der Waals surface area (Å²) in [7, 11) is 1.58. The summed E-state index contributed by atoms with van der Waals surface area (Å²) in [5, 5.41) is 19.3. The van der Waals surface area contributed by atoms with Gasteiger partial charge < -0.3 is 14.9 Å². The number of hydrogen-bond acceptors (Lipinski definition) is 4. The van der Waals surface area contributed by atoms with Crippen molar-refractivity contribution in [2.75, 3.05) is 20.2 Å². The van der Waals surface area contributed by atoms with Crippen LogP contribution >= 0.6 is 0 Å². The smallest absolute Gasteiger partial charge is 0.123 e. The van der Waals surface area contributed by atoms with E-state index < -0.39 is 0 Å². The molecule has 4 nitrogen and oxygen atoms in total. The number of ether oxygens (including phenoxy) is 1. The van der Waals surface area contributed by atoms with E-state index in [-0.39, 0.29) is 11.9 Å². The molecule has 1 aliphatic heterocycles. The minimum absolute atomic E-state index is 0.157. The SMILES string of the molecule is COc1ccc(CN2CCC(O)CC2)c(O)c1. The highest BCUT2D eigenvalue weighted by Crippen LogP contribution is 2.25. The second-order valence-electron chi connectivity index (χ2n) is 4.50. The summed E-state index contributed by atoms with van der Waals surface area (Å²) >= 11 is 0. The molecule has 0 bridgehead atoms. The van der Waals surface area contributed by atoms with E-state index in [0.717, 1.165) is 38.0 Å². The van der Waals surface area contributed by atoms with Crippen LogP contribution in [0.25, 0.3) is 0 Å². The molecule has 94 valence electrons. The molecule has 0 aliphatic carbocycles. The van der Waals surface area contributed by atoms with E-state index in [2.05, 4.69) is 4.90 Å². The van der Waals surface area contributed by atoms with E-state index in [1.165, 1.54) is 0 Å². The Morgan fingerprint density at radius 2 is 2.06 bits per heavy atom. The fourth-order valence-electron chi connectivity index (χ4n) is 2.12. The van der Waals surface area contributed by atoms with Gasteiger partial charge in [-0.1, -0.05) is 6.07 Å². The van der Waals surface area contributed by atoms with Crippen molar-refractivity contribution in [3.05, 3.63) is 23.8 Å². The summed E-state index contributed by atoms with van der Waals surface area (Å²) in [4.78, 5) is 2.24. The number of aromatic hydroxyl groups is 1. The average molecular weight is 237 g/mol. The summed E-state index contributed by atoms with van der Waals surface area (Å²) in [6.07, 6.45) is 1.48. The Hall–Kier alpha value is -1.26. The molecule has 0 spiro atoms. The standard InChI is InChI=1S/C13H19NO3/c1-17-12-3-2-10(13(16)8-12)9-14-6-4-11(15)5-7-14/h2-3,8,11,15-16H,4-7,9H2,1H3. The first-order chi connectivity index (χ1) is 8.19. The van der Waals surface area contributed by atoms with Crippen LogP contribution in [0.4, 0.5) is 0 Å². The fourth-order valence-corrected chi connectivity index (χ4v) is 2.12. The van der Waals surface area contributed by atoms with Crippen LogP contribution < -0.4 is 4.74 Å². The first-order valence-corrected chi connectivity index (χ1v) is 5.95. The van der Waals surface area contributed by atoms with Gasteiger partial charge in [0.25, 0.3) is 0 Å². The second kappa shape index (κ2) is 5.38. The van der Waals surface area contributed by atoms with Gasteiger partial charge in [0.2, 0.25) is 0 Å². The number of hydrogen-bond donors (Lipinski definition) is 2. The van der Waals surface area contributed by atoms with Crippen LogP contribution in [0.5, 0.6) is 11.5 Å². The topological polar surface area (TPSA) is 52.9 Å². The number of aliphatic hydroxyl groups excluding tert-OH is 1. The maximum atomic E-state index is 9.85. The van der Waals surface area contributed by atoms with Gasteiger partial charge in [-0.05, 0) is 18.9 Å². The number of rotatable bonds is 3. The molecule has 4 heteroatoms. The molecule has 1 saturated heterocycles. The van der Waals surface area contributed by atoms with Gasteiger partial charge in [0, 0.05) is 31.3 Å². The maximum Gasteiger partial charge on any atom is 0.123 e. The van der Waals surface area contributed by atoms with Crippen molar-refractivity contribution in [1.82, 2.24) is 4.90 Å². The number of benzene rings is 1. The molecule has 2 rings (SSSR count). The van der Waals surface area contributed by atoms with Crippen LogP contribution in [-0.2, 0) is 6.54 Å². The molecular weight excluding hydrogens is 218 g/mol.